The van der Waals surface area contributed by atoms with Crippen molar-refractivity contribution in [2.45, 2.75) is 18.9 Å². The van der Waals surface area contributed by atoms with E-state index in [2.05, 4.69) is 40.5 Å². The number of nitrogens with one attached hydrogen (secondary N) is 1. The summed E-state index contributed by atoms with van der Waals surface area (Å²) in [5.41, 5.74) is 3.94. The number of carbonyl (C=O) groups is 1. The van der Waals surface area contributed by atoms with E-state index in [4.69, 9.17) is 4.42 Å². The molecule has 1 aromatic carbocycles. The van der Waals surface area contributed by atoms with Gasteiger partial charge in [0.05, 0.1) is 17.2 Å². The number of hydrogen-bond donors (Lipinski definition) is 1. The molecule has 0 saturated heterocycles. The summed E-state index contributed by atoms with van der Waals surface area (Å²) in [5, 5.41) is 3.07. The lowest BCUT2D eigenvalue weighted by molar-refractivity contribution is 0.0943. The molecule has 2 heterocycles. The number of hydrogen-bond acceptors (Lipinski definition) is 4. The molecule has 4 nitrogen and oxygen atoms in total. The van der Waals surface area contributed by atoms with Gasteiger partial charge in [0.25, 0.3) is 5.91 Å². The molecule has 0 saturated carbocycles. The number of likely N-dealkylation sites (N-methyl/N-ethyl adjacent to an activating group) is 1. The Labute approximate surface area is 157 Å². The quantitative estimate of drug-likeness (QED) is 0.738. The first-order chi connectivity index (χ1) is 12.6. The molecule has 1 N–H and O–H groups in total. The molecule has 3 aromatic rings. The van der Waals surface area contributed by atoms with Crippen LogP contribution in [0.25, 0.3) is 10.4 Å². The molecule has 0 bridgehead atoms. The number of fused-ring (bicyclic) bond motifs is 3. The van der Waals surface area contributed by atoms with Gasteiger partial charge in [0.1, 0.15) is 5.76 Å². The number of aryl methyl sites for hydroxylation is 2. The van der Waals surface area contributed by atoms with Gasteiger partial charge in [-0.05, 0) is 61.8 Å². The molecule has 1 amide bonds. The Balaban J connectivity index is 1.51. The predicted molar refractivity (Wildman–Crippen MR) is 105 cm³/mol. The maximum atomic E-state index is 12.7. The van der Waals surface area contributed by atoms with Crippen LogP contribution < -0.4 is 5.32 Å². The fourth-order valence-electron chi connectivity index (χ4n) is 3.48. The van der Waals surface area contributed by atoms with Gasteiger partial charge in [-0.3, -0.25) is 9.69 Å². The van der Waals surface area contributed by atoms with Crippen molar-refractivity contribution in [2.75, 3.05) is 20.6 Å². The van der Waals surface area contributed by atoms with Crippen molar-refractivity contribution >= 4 is 17.2 Å². The summed E-state index contributed by atoms with van der Waals surface area (Å²) < 4.78 is 5.51. The van der Waals surface area contributed by atoms with Crippen molar-refractivity contribution in [3.8, 4) is 10.4 Å². The second-order valence-corrected chi connectivity index (χ2v) is 7.88. The van der Waals surface area contributed by atoms with Crippen molar-refractivity contribution in [3.05, 3.63) is 70.5 Å². The molecule has 5 heteroatoms. The third-order valence-corrected chi connectivity index (χ3v) is 6.12. The Bertz CT molecular complexity index is 912. The van der Waals surface area contributed by atoms with Gasteiger partial charge >= 0.3 is 0 Å². The molecule has 26 heavy (non-hydrogen) atoms. The fourth-order valence-corrected chi connectivity index (χ4v) is 4.67. The Kier molecular flexibility index (Phi) is 4.66. The molecule has 1 atom stereocenters. The minimum absolute atomic E-state index is 0.0136. The lowest BCUT2D eigenvalue weighted by atomic mass is 9.91. The maximum Gasteiger partial charge on any atom is 0.261 e. The van der Waals surface area contributed by atoms with Crippen LogP contribution in [0.15, 0.2) is 53.1 Å². The molecule has 0 radical (unpaired) electrons. The highest BCUT2D eigenvalue weighted by molar-refractivity contribution is 7.17. The second kappa shape index (κ2) is 7.09. The Morgan fingerprint density at radius 3 is 2.77 bits per heavy atom. The van der Waals surface area contributed by atoms with E-state index in [0.717, 1.165) is 23.5 Å². The second-order valence-electron chi connectivity index (χ2n) is 6.83. The van der Waals surface area contributed by atoms with E-state index in [-0.39, 0.29) is 11.9 Å². The number of rotatable bonds is 5. The summed E-state index contributed by atoms with van der Waals surface area (Å²) in [7, 11) is 3.97. The predicted octanol–water partition coefficient (Wildman–Crippen LogP) is 4.14. The molecule has 0 fully saturated rings. The van der Waals surface area contributed by atoms with Crippen LogP contribution in [0.5, 0.6) is 0 Å². The van der Waals surface area contributed by atoms with Crippen LogP contribution in [-0.2, 0) is 12.8 Å². The molecule has 4 rings (SSSR count). The monoisotopic (exact) mass is 366 g/mol. The molecule has 1 unspecified atom stereocenters. The van der Waals surface area contributed by atoms with Crippen molar-refractivity contribution in [2.24, 2.45) is 0 Å². The number of nitrogens with zero attached hydrogens (tertiary/aromatic N) is 1. The first-order valence-corrected chi connectivity index (χ1v) is 9.64. The molecule has 134 valence electrons. The van der Waals surface area contributed by atoms with Gasteiger partial charge in [-0.2, -0.15) is 0 Å². The van der Waals surface area contributed by atoms with Crippen molar-refractivity contribution < 1.29 is 9.21 Å². The van der Waals surface area contributed by atoms with Crippen molar-refractivity contribution in [1.29, 1.82) is 0 Å². The first-order valence-electron chi connectivity index (χ1n) is 8.82. The summed E-state index contributed by atoms with van der Waals surface area (Å²) in [5.74, 6) is 0.843. The summed E-state index contributed by atoms with van der Waals surface area (Å²) in [6, 6.07) is 14.4. The average molecular weight is 366 g/mol. The van der Waals surface area contributed by atoms with E-state index in [1.54, 1.807) is 17.6 Å². The topological polar surface area (TPSA) is 45.5 Å². The Hall–Kier alpha value is -2.37. The zero-order valence-corrected chi connectivity index (χ0v) is 15.8. The highest BCUT2D eigenvalue weighted by atomic mass is 32.1. The van der Waals surface area contributed by atoms with E-state index in [1.165, 1.54) is 21.6 Å². The summed E-state index contributed by atoms with van der Waals surface area (Å²) in [6.07, 6.45) is 3.71. The number of benzene rings is 1. The van der Waals surface area contributed by atoms with Crippen LogP contribution in [0.2, 0.25) is 0 Å². The van der Waals surface area contributed by atoms with Gasteiger partial charge in [-0.15, -0.1) is 11.3 Å². The SMILES string of the molecule is CN(C)C(CNC(=O)c1cc2c(s1)-c1ccccc1CC2)c1ccco1. The highest BCUT2D eigenvalue weighted by Crippen LogP contribution is 2.39. The fraction of sp³-hybridized carbons (Fsp3) is 0.286. The normalized spacial score (nSPS) is 14.0. The maximum absolute atomic E-state index is 12.7. The minimum Gasteiger partial charge on any atom is -0.468 e. The van der Waals surface area contributed by atoms with Crippen molar-refractivity contribution in [3.63, 3.8) is 0 Å². The number of furan rings is 1. The molecule has 2 aromatic heterocycles. The third kappa shape index (κ3) is 3.20. The van der Waals surface area contributed by atoms with Crippen molar-refractivity contribution in [1.82, 2.24) is 10.2 Å². The summed E-state index contributed by atoms with van der Waals surface area (Å²) in [4.78, 5) is 16.8. The van der Waals surface area contributed by atoms with Gasteiger partial charge in [-0.25, -0.2) is 0 Å². The van der Waals surface area contributed by atoms with Crippen LogP contribution in [0.4, 0.5) is 0 Å². The molecule has 1 aliphatic carbocycles. The largest absolute Gasteiger partial charge is 0.468 e. The van der Waals surface area contributed by atoms with E-state index < -0.39 is 0 Å². The van der Waals surface area contributed by atoms with E-state index in [1.807, 2.05) is 26.2 Å². The Morgan fingerprint density at radius 1 is 1.19 bits per heavy atom. The minimum atomic E-state index is -0.0136. The lowest BCUT2D eigenvalue weighted by Gasteiger charge is -2.22. The molecule has 0 aliphatic heterocycles. The smallest absolute Gasteiger partial charge is 0.261 e. The average Bonchev–Trinajstić information content (AvgIpc) is 3.31. The summed E-state index contributed by atoms with van der Waals surface area (Å²) >= 11 is 1.59. The van der Waals surface area contributed by atoms with Crippen LogP contribution in [0, 0.1) is 0 Å². The van der Waals surface area contributed by atoms with Gasteiger partial charge in [-0.1, -0.05) is 24.3 Å². The molecule has 0 spiro atoms. The number of carbonyl (C=O) groups excluding carboxylic acids is 1. The number of thiophene rings is 1. The molecule has 1 aliphatic rings. The van der Waals surface area contributed by atoms with Gasteiger partial charge in [0, 0.05) is 11.4 Å². The number of amides is 1. The van der Waals surface area contributed by atoms with Gasteiger partial charge < -0.3 is 9.73 Å². The van der Waals surface area contributed by atoms with Gasteiger partial charge in [0.2, 0.25) is 0 Å². The van der Waals surface area contributed by atoms with Crippen LogP contribution >= 0.6 is 11.3 Å². The highest BCUT2D eigenvalue weighted by Gasteiger charge is 2.23. The van der Waals surface area contributed by atoms with Crippen LogP contribution in [0.3, 0.4) is 0 Å². The third-order valence-electron chi connectivity index (χ3n) is 4.91. The van der Waals surface area contributed by atoms with E-state index in [0.29, 0.717) is 6.54 Å². The lowest BCUT2D eigenvalue weighted by Crippen LogP contribution is -2.34. The van der Waals surface area contributed by atoms with Crippen LogP contribution in [-0.4, -0.2) is 31.4 Å². The summed E-state index contributed by atoms with van der Waals surface area (Å²) in [6.45, 7) is 0.512. The zero-order valence-electron chi connectivity index (χ0n) is 15.0. The zero-order chi connectivity index (χ0) is 18.1. The van der Waals surface area contributed by atoms with E-state index in [9.17, 15) is 4.79 Å². The van der Waals surface area contributed by atoms with Gasteiger partial charge in [0.15, 0.2) is 0 Å². The Morgan fingerprint density at radius 2 is 2.00 bits per heavy atom. The molecular formula is C21H22N2O2S. The standard InChI is InChI=1S/C21H22N2O2S/c1-23(2)17(18-8-5-11-25-18)13-22-21(24)19-12-15-10-9-14-6-3-4-7-16(14)20(15)26-19/h3-8,11-12,17H,9-10,13H2,1-2H3,(H,22,24). The molecular weight excluding hydrogens is 344 g/mol. The first kappa shape index (κ1) is 17.1. The van der Waals surface area contributed by atoms with E-state index >= 15 is 0 Å². The van der Waals surface area contributed by atoms with Crippen LogP contribution in [0.1, 0.15) is 32.6 Å².